The van der Waals surface area contributed by atoms with Crippen LogP contribution in [0, 0.1) is 0 Å². The molecule has 0 radical (unpaired) electrons. The summed E-state index contributed by atoms with van der Waals surface area (Å²) in [5, 5.41) is 0. The van der Waals surface area contributed by atoms with Crippen molar-refractivity contribution in [2.24, 2.45) is 0 Å². The minimum atomic E-state index is -0.784. The summed E-state index contributed by atoms with van der Waals surface area (Å²) >= 11 is 0. The molecule has 1 atom stereocenters. The van der Waals surface area contributed by atoms with Gasteiger partial charge in [0.05, 0.1) is 0 Å². The molecule has 0 spiro atoms. The maximum atomic E-state index is 12.9. The van der Waals surface area contributed by atoms with E-state index in [9.17, 15) is 14.4 Å². The number of carbonyl (C=O) groups is 3. The minimum absolute atomic E-state index is 0.0819. The van der Waals surface area contributed by atoms with Gasteiger partial charge in [0.25, 0.3) is 0 Å². The average molecular weight is 940 g/mol. The first kappa shape index (κ1) is 64.4. The number of hydrogen-bond acceptors (Lipinski definition) is 6. The monoisotopic (exact) mass is 939 g/mol. The Labute approximate surface area is 416 Å². The average Bonchev–Trinajstić information content (AvgIpc) is 3.33. The van der Waals surface area contributed by atoms with Gasteiger partial charge in [-0.25, -0.2) is 0 Å². The van der Waals surface area contributed by atoms with Crippen LogP contribution in [0.25, 0.3) is 0 Å². The van der Waals surface area contributed by atoms with Crippen molar-refractivity contribution in [1.29, 1.82) is 0 Å². The van der Waals surface area contributed by atoms with E-state index in [4.69, 9.17) is 14.2 Å². The molecular formula is C61H110O6. The van der Waals surface area contributed by atoms with E-state index in [1.165, 1.54) is 180 Å². The van der Waals surface area contributed by atoms with Crippen LogP contribution in [0.5, 0.6) is 0 Å². The topological polar surface area (TPSA) is 78.9 Å². The van der Waals surface area contributed by atoms with E-state index < -0.39 is 6.10 Å². The van der Waals surface area contributed by atoms with Crippen molar-refractivity contribution in [3.63, 3.8) is 0 Å². The van der Waals surface area contributed by atoms with Crippen molar-refractivity contribution < 1.29 is 28.6 Å². The molecule has 0 fully saturated rings. The molecule has 0 bridgehead atoms. The predicted molar refractivity (Wildman–Crippen MR) is 289 cm³/mol. The summed E-state index contributed by atoms with van der Waals surface area (Å²) in [5.41, 5.74) is 0. The Morgan fingerprint density at radius 3 is 0.940 bits per heavy atom. The smallest absolute Gasteiger partial charge is 0.306 e. The molecule has 0 amide bonds. The van der Waals surface area contributed by atoms with Gasteiger partial charge >= 0.3 is 17.9 Å². The highest BCUT2D eigenvalue weighted by atomic mass is 16.6. The van der Waals surface area contributed by atoms with Gasteiger partial charge in [0.15, 0.2) is 6.10 Å². The molecule has 0 aliphatic heterocycles. The fourth-order valence-corrected chi connectivity index (χ4v) is 8.45. The molecule has 0 saturated carbocycles. The number of hydrogen-bond donors (Lipinski definition) is 0. The molecule has 1 unspecified atom stereocenters. The molecule has 6 nitrogen and oxygen atoms in total. The van der Waals surface area contributed by atoms with E-state index in [2.05, 4.69) is 69.4 Å². The summed E-state index contributed by atoms with van der Waals surface area (Å²) < 4.78 is 16.9. The summed E-state index contributed by atoms with van der Waals surface area (Å²) in [7, 11) is 0. The molecule has 390 valence electrons. The van der Waals surface area contributed by atoms with E-state index >= 15 is 0 Å². The van der Waals surface area contributed by atoms with Crippen molar-refractivity contribution in [1.82, 2.24) is 0 Å². The fourth-order valence-electron chi connectivity index (χ4n) is 8.45. The van der Waals surface area contributed by atoms with Crippen LogP contribution in [0.2, 0.25) is 0 Å². The summed E-state index contributed by atoms with van der Waals surface area (Å²) in [4.78, 5) is 38.1. The SMILES string of the molecule is CC/C=C\C/C=C\C/C=C\CCCCCC(=O)OCC(COC(=O)CCCCCCCCC/C=C\CCCCCCCCC)OC(=O)CCCCCCCCCCCCCCCCCCCC. The highest BCUT2D eigenvalue weighted by Crippen LogP contribution is 2.16. The van der Waals surface area contributed by atoms with Crippen molar-refractivity contribution in [2.45, 2.75) is 309 Å². The summed E-state index contributed by atoms with van der Waals surface area (Å²) in [6.45, 7) is 6.53. The van der Waals surface area contributed by atoms with Gasteiger partial charge in [0.1, 0.15) is 13.2 Å². The Bertz CT molecular complexity index is 1170. The molecule has 0 rings (SSSR count). The highest BCUT2D eigenvalue weighted by Gasteiger charge is 2.19. The van der Waals surface area contributed by atoms with E-state index in [1.54, 1.807) is 0 Å². The Morgan fingerprint density at radius 2 is 0.582 bits per heavy atom. The van der Waals surface area contributed by atoms with Crippen LogP contribution < -0.4 is 0 Å². The fraction of sp³-hybridized carbons (Fsp3) is 0.820. The van der Waals surface area contributed by atoms with Crippen LogP contribution in [-0.2, 0) is 28.6 Å². The summed E-state index contributed by atoms with van der Waals surface area (Å²) in [6.07, 6.45) is 68.2. The Morgan fingerprint density at radius 1 is 0.313 bits per heavy atom. The van der Waals surface area contributed by atoms with Crippen molar-refractivity contribution in [2.75, 3.05) is 13.2 Å². The van der Waals surface area contributed by atoms with Crippen LogP contribution in [0.3, 0.4) is 0 Å². The Balaban J connectivity index is 4.35. The van der Waals surface area contributed by atoms with Crippen molar-refractivity contribution >= 4 is 17.9 Å². The van der Waals surface area contributed by atoms with Gasteiger partial charge in [0.2, 0.25) is 0 Å². The third kappa shape index (κ3) is 54.2. The molecule has 0 aromatic heterocycles. The van der Waals surface area contributed by atoms with E-state index in [0.29, 0.717) is 19.3 Å². The molecule has 0 heterocycles. The number of carbonyl (C=O) groups excluding carboxylic acids is 3. The number of allylic oxidation sites excluding steroid dienone is 8. The normalized spacial score (nSPS) is 12.3. The van der Waals surface area contributed by atoms with Crippen LogP contribution in [0.4, 0.5) is 0 Å². The van der Waals surface area contributed by atoms with Crippen LogP contribution >= 0.6 is 0 Å². The molecule has 67 heavy (non-hydrogen) atoms. The maximum absolute atomic E-state index is 12.9. The van der Waals surface area contributed by atoms with Gasteiger partial charge in [0, 0.05) is 19.3 Å². The van der Waals surface area contributed by atoms with Crippen molar-refractivity contribution in [3.8, 4) is 0 Å². The number of ether oxygens (including phenoxy) is 3. The maximum Gasteiger partial charge on any atom is 0.306 e. The molecule has 0 saturated heterocycles. The number of unbranched alkanes of at least 4 members (excludes halogenated alkanes) is 34. The van der Waals surface area contributed by atoms with Crippen LogP contribution in [-0.4, -0.2) is 37.2 Å². The summed E-state index contributed by atoms with van der Waals surface area (Å²) in [6, 6.07) is 0. The Hall–Kier alpha value is -2.63. The molecular weight excluding hydrogens is 829 g/mol. The van der Waals surface area contributed by atoms with Gasteiger partial charge in [-0.1, -0.05) is 256 Å². The van der Waals surface area contributed by atoms with Crippen molar-refractivity contribution in [3.05, 3.63) is 48.6 Å². The standard InChI is InChI=1S/C61H110O6/c1-4-7-10-13-16-19-22-25-27-29-31-33-36-39-42-45-48-51-54-60(63)66-57-58(56-65-59(62)53-50-47-44-41-38-35-24-21-18-15-12-9-6-3)67-61(64)55-52-49-46-43-40-37-34-32-30-28-26-23-20-17-14-11-8-5-2/h9,12,18,21,27,29,35,38,58H,4-8,10-11,13-17,19-20,22-26,28,30-34,36-37,39-57H2,1-3H3/b12-9-,21-18-,29-27-,38-35-. The molecule has 0 aliphatic carbocycles. The lowest BCUT2D eigenvalue weighted by atomic mass is 10.0. The van der Waals surface area contributed by atoms with Crippen LogP contribution in [0.1, 0.15) is 303 Å². The van der Waals surface area contributed by atoms with Gasteiger partial charge < -0.3 is 14.2 Å². The lowest BCUT2D eigenvalue weighted by Crippen LogP contribution is -2.30. The number of esters is 3. The predicted octanol–water partition coefficient (Wildman–Crippen LogP) is 19.4. The van der Waals surface area contributed by atoms with Gasteiger partial charge in [-0.3, -0.25) is 14.4 Å². The van der Waals surface area contributed by atoms with Gasteiger partial charge in [-0.15, -0.1) is 0 Å². The first-order chi connectivity index (χ1) is 33.0. The molecule has 0 N–H and O–H groups in total. The minimum Gasteiger partial charge on any atom is -0.462 e. The second kappa shape index (κ2) is 56.0. The highest BCUT2D eigenvalue weighted by molar-refractivity contribution is 5.71. The Kier molecular flexibility index (Phi) is 53.8. The lowest BCUT2D eigenvalue weighted by molar-refractivity contribution is -0.167. The first-order valence-electron chi connectivity index (χ1n) is 29.1. The largest absolute Gasteiger partial charge is 0.462 e. The number of rotatable bonds is 53. The zero-order valence-electron chi connectivity index (χ0n) is 44.7. The quantitative estimate of drug-likeness (QED) is 0.0262. The summed E-state index contributed by atoms with van der Waals surface area (Å²) in [5.74, 6) is -0.901. The molecule has 0 aromatic rings. The van der Waals surface area contributed by atoms with E-state index in [1.807, 2.05) is 0 Å². The van der Waals surface area contributed by atoms with Gasteiger partial charge in [-0.05, 0) is 77.0 Å². The second-order valence-corrected chi connectivity index (χ2v) is 19.5. The van der Waals surface area contributed by atoms with E-state index in [-0.39, 0.29) is 31.1 Å². The third-order valence-electron chi connectivity index (χ3n) is 12.8. The van der Waals surface area contributed by atoms with E-state index in [0.717, 1.165) is 83.5 Å². The third-order valence-corrected chi connectivity index (χ3v) is 12.8. The molecule has 6 heteroatoms. The molecule has 0 aliphatic rings. The van der Waals surface area contributed by atoms with Crippen LogP contribution in [0.15, 0.2) is 48.6 Å². The first-order valence-corrected chi connectivity index (χ1v) is 29.1. The second-order valence-electron chi connectivity index (χ2n) is 19.5. The zero-order chi connectivity index (χ0) is 48.6. The zero-order valence-corrected chi connectivity index (χ0v) is 44.7. The molecule has 0 aromatic carbocycles. The van der Waals surface area contributed by atoms with Gasteiger partial charge in [-0.2, -0.15) is 0 Å². The lowest BCUT2D eigenvalue weighted by Gasteiger charge is -2.18.